The van der Waals surface area contributed by atoms with Crippen LogP contribution in [-0.2, 0) is 0 Å². The fourth-order valence-corrected chi connectivity index (χ4v) is 2.61. The lowest BCUT2D eigenvalue weighted by Gasteiger charge is -2.35. The van der Waals surface area contributed by atoms with Crippen molar-refractivity contribution in [1.29, 1.82) is 0 Å². The van der Waals surface area contributed by atoms with Crippen LogP contribution in [-0.4, -0.2) is 29.2 Å². The van der Waals surface area contributed by atoms with Crippen molar-refractivity contribution in [2.75, 3.05) is 18.0 Å². The van der Waals surface area contributed by atoms with Crippen LogP contribution >= 0.6 is 15.9 Å². The molecular weight excluding hydrogens is 300 g/mol. The van der Waals surface area contributed by atoms with E-state index in [2.05, 4.69) is 15.9 Å². The van der Waals surface area contributed by atoms with Crippen LogP contribution in [0.1, 0.15) is 13.3 Å². The first-order chi connectivity index (χ1) is 8.49. The van der Waals surface area contributed by atoms with Crippen molar-refractivity contribution < 1.29 is 10.0 Å². The fourth-order valence-electron chi connectivity index (χ4n) is 2.26. The number of rotatable bonds is 2. The molecule has 0 spiro atoms. The van der Waals surface area contributed by atoms with Crippen molar-refractivity contribution >= 4 is 27.3 Å². The van der Waals surface area contributed by atoms with Gasteiger partial charge in [-0.3, -0.25) is 10.1 Å². The van der Waals surface area contributed by atoms with E-state index in [1.165, 1.54) is 6.07 Å². The van der Waals surface area contributed by atoms with Gasteiger partial charge in [0, 0.05) is 23.6 Å². The van der Waals surface area contributed by atoms with E-state index in [1.54, 1.807) is 12.1 Å². The Labute approximate surface area is 114 Å². The summed E-state index contributed by atoms with van der Waals surface area (Å²) in [6.07, 6.45) is 0.338. The van der Waals surface area contributed by atoms with Crippen molar-refractivity contribution in [2.24, 2.45) is 5.92 Å². The van der Waals surface area contributed by atoms with Gasteiger partial charge in [0.05, 0.1) is 11.0 Å². The number of hydrogen-bond donors (Lipinski definition) is 1. The molecule has 0 saturated carbocycles. The van der Waals surface area contributed by atoms with Crippen LogP contribution in [0.25, 0.3) is 0 Å². The Kier molecular flexibility index (Phi) is 3.87. The molecule has 0 radical (unpaired) electrons. The highest BCUT2D eigenvalue weighted by Gasteiger charge is 2.28. The number of aliphatic hydroxyl groups is 1. The summed E-state index contributed by atoms with van der Waals surface area (Å²) in [7, 11) is 0. The normalized spacial score (nSPS) is 24.1. The van der Waals surface area contributed by atoms with E-state index in [0.29, 0.717) is 29.7 Å². The third kappa shape index (κ3) is 2.64. The molecule has 98 valence electrons. The van der Waals surface area contributed by atoms with Crippen LogP contribution in [0.3, 0.4) is 0 Å². The second kappa shape index (κ2) is 5.24. The summed E-state index contributed by atoms with van der Waals surface area (Å²) in [4.78, 5) is 12.7. The molecule has 2 atom stereocenters. The Hall–Kier alpha value is -1.14. The fraction of sp³-hybridized carbons (Fsp3) is 0.500. The zero-order chi connectivity index (χ0) is 13.3. The topological polar surface area (TPSA) is 66.6 Å². The molecule has 1 saturated heterocycles. The maximum atomic E-state index is 11.1. The minimum absolute atomic E-state index is 0.105. The molecule has 0 aromatic heterocycles. The van der Waals surface area contributed by atoms with Gasteiger partial charge in [0.2, 0.25) is 0 Å². The molecule has 0 bridgehead atoms. The van der Waals surface area contributed by atoms with E-state index in [9.17, 15) is 15.2 Å². The molecular formula is C12H15BrN2O3. The Morgan fingerprint density at radius 1 is 1.56 bits per heavy atom. The summed E-state index contributed by atoms with van der Waals surface area (Å²) in [5, 5.41) is 20.8. The van der Waals surface area contributed by atoms with Crippen molar-refractivity contribution in [2.45, 2.75) is 19.4 Å². The lowest BCUT2D eigenvalue weighted by Crippen LogP contribution is -2.42. The molecule has 6 heteroatoms. The van der Waals surface area contributed by atoms with Gasteiger partial charge in [0.1, 0.15) is 5.69 Å². The van der Waals surface area contributed by atoms with E-state index in [-0.39, 0.29) is 22.6 Å². The Balaban J connectivity index is 2.30. The maximum Gasteiger partial charge on any atom is 0.293 e. The smallest absolute Gasteiger partial charge is 0.293 e. The molecule has 0 aliphatic carbocycles. The van der Waals surface area contributed by atoms with Crippen LogP contribution in [0, 0.1) is 16.0 Å². The van der Waals surface area contributed by atoms with E-state index in [0.717, 1.165) is 0 Å². The zero-order valence-electron chi connectivity index (χ0n) is 10.0. The van der Waals surface area contributed by atoms with Crippen LogP contribution in [0.4, 0.5) is 11.4 Å². The van der Waals surface area contributed by atoms with E-state index in [1.807, 2.05) is 11.8 Å². The summed E-state index contributed by atoms with van der Waals surface area (Å²) in [5.41, 5.74) is 0.731. The number of nitro groups is 1. The largest absolute Gasteiger partial charge is 0.393 e. The number of anilines is 1. The lowest BCUT2D eigenvalue weighted by molar-refractivity contribution is -0.384. The maximum absolute atomic E-state index is 11.1. The molecule has 1 aliphatic rings. The molecule has 2 rings (SSSR count). The van der Waals surface area contributed by atoms with Gasteiger partial charge < -0.3 is 10.0 Å². The van der Waals surface area contributed by atoms with Gasteiger partial charge in [0.15, 0.2) is 0 Å². The number of aliphatic hydroxyl groups excluding tert-OH is 1. The second-order valence-electron chi connectivity index (χ2n) is 4.67. The van der Waals surface area contributed by atoms with Crippen molar-refractivity contribution in [3.8, 4) is 0 Å². The van der Waals surface area contributed by atoms with Crippen LogP contribution in [0.5, 0.6) is 0 Å². The monoisotopic (exact) mass is 314 g/mol. The summed E-state index contributed by atoms with van der Waals surface area (Å²) < 4.78 is 0.697. The minimum Gasteiger partial charge on any atom is -0.393 e. The summed E-state index contributed by atoms with van der Waals surface area (Å²) in [5.74, 6) is 0.127. The molecule has 5 nitrogen and oxygen atoms in total. The third-order valence-corrected chi connectivity index (χ3v) is 3.83. The van der Waals surface area contributed by atoms with Crippen molar-refractivity contribution in [3.05, 3.63) is 32.8 Å². The first kappa shape index (κ1) is 13.3. The molecule has 1 aromatic carbocycles. The molecule has 1 N–H and O–H groups in total. The Morgan fingerprint density at radius 2 is 2.28 bits per heavy atom. The summed E-state index contributed by atoms with van der Waals surface area (Å²) in [6.45, 7) is 3.25. The molecule has 18 heavy (non-hydrogen) atoms. The molecule has 1 aromatic rings. The van der Waals surface area contributed by atoms with Crippen LogP contribution in [0.15, 0.2) is 22.7 Å². The number of halogens is 1. The zero-order valence-corrected chi connectivity index (χ0v) is 11.6. The third-order valence-electron chi connectivity index (χ3n) is 3.33. The minimum atomic E-state index is -0.365. The van der Waals surface area contributed by atoms with E-state index in [4.69, 9.17) is 0 Å². The number of benzene rings is 1. The second-order valence-corrected chi connectivity index (χ2v) is 5.59. The van der Waals surface area contributed by atoms with Gasteiger partial charge in [-0.1, -0.05) is 22.9 Å². The van der Waals surface area contributed by atoms with Crippen molar-refractivity contribution in [3.63, 3.8) is 0 Å². The highest BCUT2D eigenvalue weighted by molar-refractivity contribution is 9.10. The van der Waals surface area contributed by atoms with Gasteiger partial charge in [0.25, 0.3) is 5.69 Å². The predicted molar refractivity (Wildman–Crippen MR) is 72.8 cm³/mol. The van der Waals surface area contributed by atoms with Gasteiger partial charge in [-0.2, -0.15) is 0 Å². The quantitative estimate of drug-likeness (QED) is 0.673. The van der Waals surface area contributed by atoms with Gasteiger partial charge in [-0.05, 0) is 24.5 Å². The SMILES string of the molecule is CC1CN(c2ccc(Br)cc2[N+](=O)[O-])CCC1O. The lowest BCUT2D eigenvalue weighted by atomic mass is 9.96. The highest BCUT2D eigenvalue weighted by atomic mass is 79.9. The molecule has 2 unspecified atom stereocenters. The predicted octanol–water partition coefficient (Wildman–Crippen LogP) is 2.56. The first-order valence-electron chi connectivity index (χ1n) is 5.86. The van der Waals surface area contributed by atoms with Gasteiger partial charge in [-0.25, -0.2) is 0 Å². The highest BCUT2D eigenvalue weighted by Crippen LogP contribution is 2.33. The molecule has 1 aliphatic heterocycles. The summed E-state index contributed by atoms with van der Waals surface area (Å²) in [6, 6.07) is 5.08. The Morgan fingerprint density at radius 3 is 2.89 bits per heavy atom. The molecule has 1 heterocycles. The number of hydrogen-bond acceptors (Lipinski definition) is 4. The number of piperidine rings is 1. The first-order valence-corrected chi connectivity index (χ1v) is 6.65. The summed E-state index contributed by atoms with van der Waals surface area (Å²) >= 11 is 3.25. The number of nitrogens with zero attached hydrogens (tertiary/aromatic N) is 2. The van der Waals surface area contributed by atoms with E-state index >= 15 is 0 Å². The van der Waals surface area contributed by atoms with Crippen LogP contribution in [0.2, 0.25) is 0 Å². The van der Waals surface area contributed by atoms with Gasteiger partial charge in [-0.15, -0.1) is 0 Å². The average molecular weight is 315 g/mol. The van der Waals surface area contributed by atoms with Crippen LogP contribution < -0.4 is 4.90 Å². The standard InChI is InChI=1S/C12H15BrN2O3/c1-8-7-14(5-4-12(8)16)10-3-2-9(13)6-11(10)15(17)18/h2-3,6,8,12,16H,4-5,7H2,1H3. The molecule has 0 amide bonds. The van der Waals surface area contributed by atoms with E-state index < -0.39 is 0 Å². The van der Waals surface area contributed by atoms with Gasteiger partial charge >= 0.3 is 0 Å². The van der Waals surface area contributed by atoms with Crippen molar-refractivity contribution in [1.82, 2.24) is 0 Å². The molecule has 1 fully saturated rings. The average Bonchev–Trinajstić information content (AvgIpc) is 2.32. The number of nitro benzene ring substituents is 1. The Bertz CT molecular complexity index is 467.